The summed E-state index contributed by atoms with van der Waals surface area (Å²) >= 11 is 0. The summed E-state index contributed by atoms with van der Waals surface area (Å²) in [4.78, 5) is 26.1. The SMILES string of the molecule is COc1cccc(CN2CCNC(=O)C2CC(=O)NN)c1OCc1ccccc1. The molecule has 1 fully saturated rings. The van der Waals surface area contributed by atoms with E-state index in [9.17, 15) is 9.59 Å². The normalized spacial score (nSPS) is 16.8. The summed E-state index contributed by atoms with van der Waals surface area (Å²) in [5, 5.41) is 2.80. The van der Waals surface area contributed by atoms with Crippen molar-refractivity contribution >= 4 is 11.8 Å². The van der Waals surface area contributed by atoms with Gasteiger partial charge in [-0.05, 0) is 11.6 Å². The number of hydrazine groups is 1. The van der Waals surface area contributed by atoms with E-state index in [2.05, 4.69) is 10.7 Å². The molecule has 2 amide bonds. The average Bonchev–Trinajstić information content (AvgIpc) is 2.75. The molecule has 1 saturated heterocycles. The minimum absolute atomic E-state index is 0.00743. The van der Waals surface area contributed by atoms with Crippen molar-refractivity contribution in [3.8, 4) is 11.5 Å². The molecule has 1 aliphatic heterocycles. The van der Waals surface area contributed by atoms with Gasteiger partial charge in [-0.1, -0.05) is 42.5 Å². The molecular weight excluding hydrogens is 372 g/mol. The minimum atomic E-state index is -0.597. The lowest BCUT2D eigenvalue weighted by molar-refractivity contribution is -0.134. The summed E-state index contributed by atoms with van der Waals surface area (Å²) < 4.78 is 11.6. The quantitative estimate of drug-likeness (QED) is 0.347. The van der Waals surface area contributed by atoms with Gasteiger partial charge < -0.3 is 14.8 Å². The van der Waals surface area contributed by atoms with Gasteiger partial charge in [0.05, 0.1) is 19.6 Å². The summed E-state index contributed by atoms with van der Waals surface area (Å²) in [5.74, 6) is 5.88. The molecule has 0 aliphatic carbocycles. The fourth-order valence-electron chi connectivity index (χ4n) is 3.37. The van der Waals surface area contributed by atoms with Crippen LogP contribution in [0.1, 0.15) is 17.5 Å². The van der Waals surface area contributed by atoms with Crippen LogP contribution in [0.3, 0.4) is 0 Å². The third kappa shape index (κ3) is 5.24. The van der Waals surface area contributed by atoms with Crippen LogP contribution in [-0.2, 0) is 22.7 Å². The third-order valence-corrected chi connectivity index (χ3v) is 4.86. The molecule has 0 aromatic heterocycles. The zero-order chi connectivity index (χ0) is 20.6. The molecule has 29 heavy (non-hydrogen) atoms. The molecule has 0 bridgehead atoms. The van der Waals surface area contributed by atoms with E-state index in [1.165, 1.54) is 0 Å². The van der Waals surface area contributed by atoms with Crippen molar-refractivity contribution in [2.75, 3.05) is 20.2 Å². The number of rotatable bonds is 8. The number of methoxy groups -OCH3 is 1. The second kappa shape index (κ2) is 9.90. The number of nitrogens with one attached hydrogen (secondary N) is 2. The maximum atomic E-state index is 12.3. The van der Waals surface area contributed by atoms with E-state index in [0.29, 0.717) is 37.7 Å². The number of para-hydroxylation sites is 1. The van der Waals surface area contributed by atoms with Crippen LogP contribution in [0.4, 0.5) is 0 Å². The topological polar surface area (TPSA) is 106 Å². The van der Waals surface area contributed by atoms with E-state index in [4.69, 9.17) is 15.3 Å². The lowest BCUT2D eigenvalue weighted by Crippen LogP contribution is -2.56. The Hall–Kier alpha value is -3.10. The number of carbonyl (C=O) groups excluding carboxylic acids is 2. The molecule has 1 unspecified atom stereocenters. The highest BCUT2D eigenvalue weighted by atomic mass is 16.5. The van der Waals surface area contributed by atoms with Gasteiger partial charge in [0.1, 0.15) is 6.61 Å². The van der Waals surface area contributed by atoms with E-state index in [0.717, 1.165) is 11.1 Å². The Bertz CT molecular complexity index is 844. The second-order valence-corrected chi connectivity index (χ2v) is 6.77. The first kappa shape index (κ1) is 20.6. The smallest absolute Gasteiger partial charge is 0.237 e. The fraction of sp³-hybridized carbons (Fsp3) is 0.333. The van der Waals surface area contributed by atoms with Crippen LogP contribution < -0.4 is 26.1 Å². The monoisotopic (exact) mass is 398 g/mol. The Morgan fingerprint density at radius 2 is 2.03 bits per heavy atom. The molecule has 2 aromatic carbocycles. The van der Waals surface area contributed by atoms with Gasteiger partial charge in [-0.25, -0.2) is 5.84 Å². The Labute approximate surface area is 169 Å². The molecule has 1 atom stereocenters. The highest BCUT2D eigenvalue weighted by molar-refractivity contribution is 5.88. The maximum absolute atomic E-state index is 12.3. The molecule has 2 aromatic rings. The van der Waals surface area contributed by atoms with E-state index in [1.54, 1.807) is 7.11 Å². The summed E-state index contributed by atoms with van der Waals surface area (Å²) in [7, 11) is 1.59. The van der Waals surface area contributed by atoms with Crippen LogP contribution in [0.5, 0.6) is 11.5 Å². The molecule has 3 rings (SSSR count). The Morgan fingerprint density at radius 1 is 1.24 bits per heavy atom. The van der Waals surface area contributed by atoms with E-state index in [-0.39, 0.29) is 18.2 Å². The van der Waals surface area contributed by atoms with Crippen molar-refractivity contribution in [1.82, 2.24) is 15.6 Å². The van der Waals surface area contributed by atoms with Gasteiger partial charge in [-0.2, -0.15) is 0 Å². The first-order valence-corrected chi connectivity index (χ1v) is 9.46. The number of nitrogens with two attached hydrogens (primary N) is 1. The molecule has 154 valence electrons. The number of piperazine rings is 1. The first-order valence-electron chi connectivity index (χ1n) is 9.46. The molecule has 0 spiro atoms. The average molecular weight is 398 g/mol. The van der Waals surface area contributed by atoms with E-state index >= 15 is 0 Å². The Kier molecular flexibility index (Phi) is 7.04. The zero-order valence-corrected chi connectivity index (χ0v) is 16.4. The number of hydrogen-bond acceptors (Lipinski definition) is 6. The predicted molar refractivity (Wildman–Crippen MR) is 108 cm³/mol. The molecule has 4 N–H and O–H groups in total. The first-order chi connectivity index (χ1) is 14.1. The third-order valence-electron chi connectivity index (χ3n) is 4.86. The predicted octanol–water partition coefficient (Wildman–Crippen LogP) is 0.955. The fourth-order valence-corrected chi connectivity index (χ4v) is 3.37. The van der Waals surface area contributed by atoms with Crippen molar-refractivity contribution < 1.29 is 19.1 Å². The molecular formula is C21H26N4O4. The van der Waals surface area contributed by atoms with Crippen LogP contribution >= 0.6 is 0 Å². The zero-order valence-electron chi connectivity index (χ0n) is 16.4. The highest BCUT2D eigenvalue weighted by Gasteiger charge is 2.32. The molecule has 8 nitrogen and oxygen atoms in total. The molecule has 8 heteroatoms. The van der Waals surface area contributed by atoms with Crippen molar-refractivity contribution in [1.29, 1.82) is 0 Å². The van der Waals surface area contributed by atoms with Crippen LogP contribution in [0.25, 0.3) is 0 Å². The number of ether oxygens (including phenoxy) is 2. The molecule has 0 radical (unpaired) electrons. The van der Waals surface area contributed by atoms with E-state index in [1.807, 2.05) is 53.4 Å². The van der Waals surface area contributed by atoms with Gasteiger partial charge in [0.25, 0.3) is 0 Å². The van der Waals surface area contributed by atoms with Crippen molar-refractivity contribution in [2.45, 2.75) is 25.6 Å². The number of benzene rings is 2. The summed E-state index contributed by atoms with van der Waals surface area (Å²) in [6.45, 7) is 1.97. The summed E-state index contributed by atoms with van der Waals surface area (Å²) in [6.07, 6.45) is -0.00743. The van der Waals surface area contributed by atoms with Gasteiger partial charge in [0.15, 0.2) is 11.5 Å². The molecule has 0 saturated carbocycles. The number of carbonyl (C=O) groups is 2. The number of hydrogen-bond donors (Lipinski definition) is 3. The lowest BCUT2D eigenvalue weighted by Gasteiger charge is -2.35. The van der Waals surface area contributed by atoms with Gasteiger partial charge >= 0.3 is 0 Å². The van der Waals surface area contributed by atoms with Gasteiger partial charge in [-0.15, -0.1) is 0 Å². The molecule has 1 heterocycles. The summed E-state index contributed by atoms with van der Waals surface area (Å²) in [5.41, 5.74) is 4.02. The van der Waals surface area contributed by atoms with Gasteiger partial charge in [0, 0.05) is 25.2 Å². The lowest BCUT2D eigenvalue weighted by atomic mass is 10.1. The van der Waals surface area contributed by atoms with Crippen LogP contribution in [0, 0.1) is 0 Å². The van der Waals surface area contributed by atoms with Gasteiger partial charge in [0.2, 0.25) is 11.8 Å². The Morgan fingerprint density at radius 3 is 2.76 bits per heavy atom. The van der Waals surface area contributed by atoms with Crippen LogP contribution in [0.15, 0.2) is 48.5 Å². The van der Waals surface area contributed by atoms with Crippen molar-refractivity contribution in [2.24, 2.45) is 5.84 Å². The van der Waals surface area contributed by atoms with Crippen LogP contribution in [-0.4, -0.2) is 43.0 Å². The standard InChI is InChI=1S/C21H26N4O4/c1-28-18-9-5-8-16(20(18)29-14-15-6-3-2-4-7-15)13-25-11-10-23-21(27)17(25)12-19(26)24-22/h2-9,17H,10-14,22H2,1H3,(H,23,27)(H,24,26). The van der Waals surface area contributed by atoms with Crippen LogP contribution in [0.2, 0.25) is 0 Å². The summed E-state index contributed by atoms with van der Waals surface area (Å²) in [6, 6.07) is 14.9. The number of nitrogens with zero attached hydrogens (tertiary/aromatic N) is 1. The molecule has 1 aliphatic rings. The highest BCUT2D eigenvalue weighted by Crippen LogP contribution is 2.33. The Balaban J connectivity index is 1.81. The second-order valence-electron chi connectivity index (χ2n) is 6.77. The van der Waals surface area contributed by atoms with Crippen molar-refractivity contribution in [3.63, 3.8) is 0 Å². The van der Waals surface area contributed by atoms with Gasteiger partial charge in [-0.3, -0.25) is 19.9 Å². The maximum Gasteiger partial charge on any atom is 0.237 e. The number of amides is 2. The van der Waals surface area contributed by atoms with E-state index < -0.39 is 6.04 Å². The van der Waals surface area contributed by atoms with Crippen molar-refractivity contribution in [3.05, 3.63) is 59.7 Å². The minimum Gasteiger partial charge on any atom is -0.493 e. The largest absolute Gasteiger partial charge is 0.493 e.